The second-order valence-corrected chi connectivity index (χ2v) is 5.40. The Kier molecular flexibility index (Phi) is 9.20. The Bertz CT molecular complexity index is 615. The highest BCUT2D eigenvalue weighted by atomic mass is 35.5. The summed E-state index contributed by atoms with van der Waals surface area (Å²) in [5.74, 6) is -1.20. The van der Waals surface area contributed by atoms with Gasteiger partial charge in [-0.3, -0.25) is 9.59 Å². The maximum absolute atomic E-state index is 12.8. The maximum atomic E-state index is 12.8. The summed E-state index contributed by atoms with van der Waals surface area (Å²) in [5.41, 5.74) is 4.41. The Hall–Kier alpha value is -1.55. The topological polar surface area (TPSA) is 84.7 Å². The lowest BCUT2D eigenvalue weighted by Crippen LogP contribution is -2.46. The van der Waals surface area contributed by atoms with Crippen molar-refractivity contribution in [1.29, 1.82) is 0 Å². The van der Waals surface area contributed by atoms with Crippen LogP contribution in [0.5, 0.6) is 0 Å². The van der Waals surface area contributed by atoms with E-state index in [-0.39, 0.29) is 31.2 Å². The van der Waals surface area contributed by atoms with Crippen LogP contribution < -0.4 is 11.1 Å². The number of nitrogens with two attached hydrogens (primary N) is 1. The molecule has 0 radical (unpaired) electrons. The van der Waals surface area contributed by atoms with Crippen LogP contribution in [0.2, 0.25) is 5.02 Å². The number of carbonyl (C=O) groups is 2. The zero-order chi connectivity index (χ0) is 18.5. The molecular weight excluding hydrogens is 386 g/mol. The molecule has 1 aromatic rings. The van der Waals surface area contributed by atoms with Gasteiger partial charge in [0.25, 0.3) is 0 Å². The van der Waals surface area contributed by atoms with E-state index in [1.165, 1.54) is 20.2 Å². The largest absolute Gasteiger partial charge is 0.417 e. The second kappa shape index (κ2) is 9.81. The van der Waals surface area contributed by atoms with Gasteiger partial charge in [-0.1, -0.05) is 11.6 Å². The van der Waals surface area contributed by atoms with Crippen LogP contribution >= 0.6 is 24.0 Å². The van der Waals surface area contributed by atoms with Crippen molar-refractivity contribution < 1.29 is 27.5 Å². The van der Waals surface area contributed by atoms with Crippen molar-refractivity contribution in [2.45, 2.75) is 12.2 Å². The molecule has 1 unspecified atom stereocenters. The molecule has 0 aromatic heterocycles. The lowest BCUT2D eigenvalue weighted by Gasteiger charge is -2.20. The fourth-order valence-corrected chi connectivity index (χ4v) is 2.07. The summed E-state index contributed by atoms with van der Waals surface area (Å²) in [6.07, 6.45) is -4.64. The lowest BCUT2D eigenvalue weighted by atomic mass is 10.2. The number of benzene rings is 1. The number of hydrogen-bond donors (Lipinski definition) is 2. The summed E-state index contributed by atoms with van der Waals surface area (Å²) < 4.78 is 43.0. The highest BCUT2D eigenvalue weighted by Crippen LogP contribution is 2.36. The number of ether oxygens (including phenoxy) is 1. The molecule has 11 heteroatoms. The highest BCUT2D eigenvalue weighted by Gasteiger charge is 2.33. The molecule has 1 rings (SSSR count). The number of alkyl halides is 3. The normalized spacial score (nSPS) is 12.1. The van der Waals surface area contributed by atoms with Crippen LogP contribution in [0.15, 0.2) is 18.2 Å². The minimum absolute atomic E-state index is 0. The van der Waals surface area contributed by atoms with E-state index in [2.05, 4.69) is 5.32 Å². The van der Waals surface area contributed by atoms with Crippen LogP contribution in [0.3, 0.4) is 0 Å². The molecule has 25 heavy (non-hydrogen) atoms. The van der Waals surface area contributed by atoms with Crippen molar-refractivity contribution in [2.24, 2.45) is 5.73 Å². The van der Waals surface area contributed by atoms with Crippen LogP contribution in [0.25, 0.3) is 0 Å². The Morgan fingerprint density at radius 3 is 2.52 bits per heavy atom. The van der Waals surface area contributed by atoms with E-state index in [9.17, 15) is 22.8 Å². The van der Waals surface area contributed by atoms with Gasteiger partial charge in [-0.25, -0.2) is 0 Å². The average Bonchev–Trinajstić information content (AvgIpc) is 2.47. The zero-order valence-corrected chi connectivity index (χ0v) is 15.0. The lowest BCUT2D eigenvalue weighted by molar-refractivity contribution is -0.137. The molecule has 0 bridgehead atoms. The Morgan fingerprint density at radius 2 is 2.00 bits per heavy atom. The van der Waals surface area contributed by atoms with Crippen LogP contribution in [-0.4, -0.2) is 50.1 Å². The van der Waals surface area contributed by atoms with Gasteiger partial charge in [0.05, 0.1) is 23.7 Å². The summed E-state index contributed by atoms with van der Waals surface area (Å²) in [7, 11) is 2.72. The maximum Gasteiger partial charge on any atom is 0.417 e. The number of hydrogen-bond acceptors (Lipinski definition) is 4. The molecule has 2 amide bonds. The Balaban J connectivity index is 0.00000576. The van der Waals surface area contributed by atoms with E-state index in [1.807, 2.05) is 0 Å². The Labute approximate surface area is 153 Å². The van der Waals surface area contributed by atoms with Gasteiger partial charge < -0.3 is 20.7 Å². The van der Waals surface area contributed by atoms with Gasteiger partial charge in [0.1, 0.15) is 6.04 Å². The SMILES string of the molecule is COCC(N)C(=O)N(C)CC(=O)Nc1ccc(Cl)c(C(F)(F)F)c1.Cl. The van der Waals surface area contributed by atoms with Crippen molar-refractivity contribution in [3.8, 4) is 0 Å². The van der Waals surface area contributed by atoms with E-state index in [0.717, 1.165) is 17.0 Å². The molecular formula is C14H18Cl2F3N3O3. The van der Waals surface area contributed by atoms with Gasteiger partial charge in [0, 0.05) is 19.8 Å². The summed E-state index contributed by atoms with van der Waals surface area (Å²) >= 11 is 5.50. The first-order valence-electron chi connectivity index (χ1n) is 6.72. The third-order valence-corrected chi connectivity index (χ3v) is 3.31. The number of amides is 2. The molecule has 142 valence electrons. The van der Waals surface area contributed by atoms with Crippen LogP contribution in [0.4, 0.5) is 18.9 Å². The number of likely N-dealkylation sites (N-methyl/N-ethyl adjacent to an activating group) is 1. The molecule has 6 nitrogen and oxygen atoms in total. The quantitative estimate of drug-likeness (QED) is 0.761. The van der Waals surface area contributed by atoms with Gasteiger partial charge >= 0.3 is 6.18 Å². The highest BCUT2D eigenvalue weighted by molar-refractivity contribution is 6.31. The number of halogens is 5. The van der Waals surface area contributed by atoms with Gasteiger partial charge in [-0.2, -0.15) is 13.2 Å². The average molecular weight is 404 g/mol. The molecule has 0 fully saturated rings. The van der Waals surface area contributed by atoms with Gasteiger partial charge in [-0.15, -0.1) is 12.4 Å². The second-order valence-electron chi connectivity index (χ2n) is 5.00. The molecule has 3 N–H and O–H groups in total. The molecule has 0 aliphatic heterocycles. The van der Waals surface area contributed by atoms with Crippen molar-refractivity contribution >= 4 is 41.5 Å². The smallest absolute Gasteiger partial charge is 0.383 e. The minimum atomic E-state index is -4.64. The van der Waals surface area contributed by atoms with Gasteiger partial charge in [0.15, 0.2) is 0 Å². The van der Waals surface area contributed by atoms with Crippen LogP contribution in [0, 0.1) is 0 Å². The first-order chi connectivity index (χ1) is 11.1. The standard InChI is InChI=1S/C14H17ClF3N3O3.ClH/c1-21(13(23)11(19)7-24-2)6-12(22)20-8-3-4-10(15)9(5-8)14(16,17)18;/h3-5,11H,6-7,19H2,1-2H3,(H,20,22);1H. The van der Waals surface area contributed by atoms with E-state index < -0.39 is 34.6 Å². The molecule has 0 spiro atoms. The van der Waals surface area contributed by atoms with Crippen molar-refractivity contribution in [3.05, 3.63) is 28.8 Å². The fourth-order valence-electron chi connectivity index (χ4n) is 1.85. The van der Waals surface area contributed by atoms with E-state index in [4.69, 9.17) is 22.1 Å². The number of carbonyl (C=O) groups excluding carboxylic acids is 2. The zero-order valence-electron chi connectivity index (χ0n) is 13.4. The first-order valence-corrected chi connectivity index (χ1v) is 7.10. The van der Waals surface area contributed by atoms with Crippen molar-refractivity contribution in [2.75, 3.05) is 32.6 Å². The molecule has 1 aromatic carbocycles. The number of rotatable bonds is 6. The number of nitrogens with one attached hydrogen (secondary N) is 1. The number of nitrogens with zero attached hydrogens (tertiary/aromatic N) is 1. The van der Waals surface area contributed by atoms with Gasteiger partial charge in [0.2, 0.25) is 11.8 Å². The molecule has 0 saturated carbocycles. The van der Waals surface area contributed by atoms with E-state index in [1.54, 1.807) is 0 Å². The van der Waals surface area contributed by atoms with Crippen molar-refractivity contribution in [3.63, 3.8) is 0 Å². The number of anilines is 1. The van der Waals surface area contributed by atoms with Crippen molar-refractivity contribution in [1.82, 2.24) is 4.90 Å². The first kappa shape index (κ1) is 23.4. The predicted molar refractivity (Wildman–Crippen MR) is 89.8 cm³/mol. The molecule has 0 saturated heterocycles. The molecule has 1 atom stereocenters. The molecule has 0 heterocycles. The molecule has 0 aliphatic carbocycles. The van der Waals surface area contributed by atoms with Crippen LogP contribution in [0.1, 0.15) is 5.56 Å². The summed E-state index contributed by atoms with van der Waals surface area (Å²) in [6.45, 7) is -0.392. The minimum Gasteiger partial charge on any atom is -0.383 e. The fraction of sp³-hybridized carbons (Fsp3) is 0.429. The summed E-state index contributed by atoms with van der Waals surface area (Å²) in [4.78, 5) is 24.7. The third kappa shape index (κ3) is 7.07. The summed E-state index contributed by atoms with van der Waals surface area (Å²) in [6, 6.07) is 2.05. The number of methoxy groups -OCH3 is 1. The van der Waals surface area contributed by atoms with E-state index in [0.29, 0.717) is 0 Å². The van der Waals surface area contributed by atoms with Gasteiger partial charge in [-0.05, 0) is 18.2 Å². The third-order valence-electron chi connectivity index (χ3n) is 2.98. The summed E-state index contributed by atoms with van der Waals surface area (Å²) in [5, 5.41) is 1.80. The Morgan fingerprint density at radius 1 is 1.40 bits per heavy atom. The molecule has 0 aliphatic rings. The monoisotopic (exact) mass is 403 g/mol. The van der Waals surface area contributed by atoms with Crippen LogP contribution in [-0.2, 0) is 20.5 Å². The van der Waals surface area contributed by atoms with E-state index >= 15 is 0 Å². The predicted octanol–water partition coefficient (Wildman–Crippen LogP) is 2.15.